The van der Waals surface area contributed by atoms with Crippen molar-refractivity contribution in [3.05, 3.63) is 35.9 Å². The summed E-state index contributed by atoms with van der Waals surface area (Å²) in [4.78, 5) is 7.00. The van der Waals surface area contributed by atoms with E-state index in [4.69, 9.17) is 9.47 Å². The van der Waals surface area contributed by atoms with Crippen LogP contribution < -0.4 is 5.32 Å². The van der Waals surface area contributed by atoms with Crippen LogP contribution in [0.2, 0.25) is 0 Å². The number of methoxy groups -OCH3 is 1. The van der Waals surface area contributed by atoms with Gasteiger partial charge in [-0.3, -0.25) is 4.99 Å². The molecular weight excluding hydrogens is 338 g/mol. The summed E-state index contributed by atoms with van der Waals surface area (Å²) in [6, 6.07) is 11.0. The standard InChI is InChI=1S/C22H35N3O2/c1-4-18-16-25(13-10-20(18)19-8-6-5-7-9-19)21(23-2)24-17-22(26-3)11-14-27-15-12-22/h5-9,18,20H,4,10-17H2,1-3H3,(H,23,24). The minimum absolute atomic E-state index is 0.138. The Balaban J connectivity index is 1.61. The van der Waals surface area contributed by atoms with Crippen molar-refractivity contribution in [2.75, 3.05) is 47.0 Å². The number of hydrogen-bond acceptors (Lipinski definition) is 3. The number of ether oxygens (including phenoxy) is 2. The van der Waals surface area contributed by atoms with Gasteiger partial charge in [-0.15, -0.1) is 0 Å². The van der Waals surface area contributed by atoms with Crippen molar-refractivity contribution in [2.24, 2.45) is 10.9 Å². The third kappa shape index (κ3) is 4.82. The van der Waals surface area contributed by atoms with E-state index in [2.05, 4.69) is 52.5 Å². The van der Waals surface area contributed by atoms with Crippen LogP contribution in [0.4, 0.5) is 0 Å². The Kier molecular flexibility index (Phi) is 7.13. The van der Waals surface area contributed by atoms with E-state index in [0.29, 0.717) is 11.8 Å². The Labute approximate surface area is 164 Å². The molecule has 27 heavy (non-hydrogen) atoms. The fourth-order valence-electron chi connectivity index (χ4n) is 4.55. The van der Waals surface area contributed by atoms with Crippen LogP contribution in [-0.2, 0) is 9.47 Å². The van der Waals surface area contributed by atoms with Crippen LogP contribution >= 0.6 is 0 Å². The summed E-state index contributed by atoms with van der Waals surface area (Å²) < 4.78 is 11.4. The van der Waals surface area contributed by atoms with Crippen molar-refractivity contribution in [3.8, 4) is 0 Å². The molecule has 2 saturated heterocycles. The third-order valence-electron chi connectivity index (χ3n) is 6.40. The molecule has 2 unspecified atom stereocenters. The van der Waals surface area contributed by atoms with Crippen molar-refractivity contribution in [1.29, 1.82) is 0 Å². The highest BCUT2D eigenvalue weighted by atomic mass is 16.5. The van der Waals surface area contributed by atoms with E-state index >= 15 is 0 Å². The summed E-state index contributed by atoms with van der Waals surface area (Å²) in [5.41, 5.74) is 1.34. The molecule has 0 aliphatic carbocycles. The molecule has 2 aliphatic rings. The van der Waals surface area contributed by atoms with Crippen molar-refractivity contribution in [3.63, 3.8) is 0 Å². The summed E-state index contributed by atoms with van der Waals surface area (Å²) >= 11 is 0. The zero-order valence-corrected chi connectivity index (χ0v) is 17.1. The normalized spacial score (nSPS) is 26.0. The summed E-state index contributed by atoms with van der Waals surface area (Å²) in [5, 5.41) is 3.60. The fraction of sp³-hybridized carbons (Fsp3) is 0.682. The van der Waals surface area contributed by atoms with Gasteiger partial charge < -0.3 is 19.7 Å². The quantitative estimate of drug-likeness (QED) is 0.636. The number of likely N-dealkylation sites (tertiary alicyclic amines) is 1. The highest BCUT2D eigenvalue weighted by Gasteiger charge is 2.34. The van der Waals surface area contributed by atoms with Gasteiger partial charge >= 0.3 is 0 Å². The van der Waals surface area contributed by atoms with Crippen LogP contribution in [0.3, 0.4) is 0 Å². The van der Waals surface area contributed by atoms with Gasteiger partial charge in [-0.2, -0.15) is 0 Å². The van der Waals surface area contributed by atoms with Gasteiger partial charge in [0.15, 0.2) is 5.96 Å². The molecule has 5 nitrogen and oxygen atoms in total. The SMILES string of the molecule is CCC1CN(C(=NC)NCC2(OC)CCOCC2)CCC1c1ccccc1. The maximum Gasteiger partial charge on any atom is 0.193 e. The number of hydrogen-bond donors (Lipinski definition) is 1. The first-order valence-electron chi connectivity index (χ1n) is 10.3. The Morgan fingerprint density at radius 3 is 2.67 bits per heavy atom. The second-order valence-electron chi connectivity index (χ2n) is 7.82. The molecule has 0 saturated carbocycles. The number of nitrogens with one attached hydrogen (secondary N) is 1. The summed E-state index contributed by atoms with van der Waals surface area (Å²) in [5.74, 6) is 2.30. The number of aliphatic imine (C=N–C) groups is 1. The summed E-state index contributed by atoms with van der Waals surface area (Å²) in [6.45, 7) is 6.73. The Hall–Kier alpha value is -1.59. The van der Waals surface area contributed by atoms with Crippen molar-refractivity contribution < 1.29 is 9.47 Å². The fourth-order valence-corrected chi connectivity index (χ4v) is 4.55. The lowest BCUT2D eigenvalue weighted by Gasteiger charge is -2.41. The molecule has 5 heteroatoms. The molecule has 2 fully saturated rings. The van der Waals surface area contributed by atoms with Crippen molar-refractivity contribution in [2.45, 2.75) is 44.1 Å². The van der Waals surface area contributed by atoms with Crippen LogP contribution in [-0.4, -0.2) is 63.5 Å². The van der Waals surface area contributed by atoms with E-state index < -0.39 is 0 Å². The number of benzene rings is 1. The van der Waals surface area contributed by atoms with Gasteiger partial charge in [0.25, 0.3) is 0 Å². The molecule has 1 aromatic carbocycles. The Bertz CT molecular complexity index is 599. The second kappa shape index (κ2) is 9.56. The van der Waals surface area contributed by atoms with E-state index in [1.165, 1.54) is 18.4 Å². The smallest absolute Gasteiger partial charge is 0.193 e. The lowest BCUT2D eigenvalue weighted by Crippen LogP contribution is -2.54. The summed E-state index contributed by atoms with van der Waals surface area (Å²) in [7, 11) is 3.70. The molecule has 0 spiro atoms. The number of rotatable bonds is 5. The molecule has 0 aromatic heterocycles. The molecule has 0 amide bonds. The minimum Gasteiger partial charge on any atom is -0.381 e. The molecule has 1 aromatic rings. The molecular formula is C22H35N3O2. The van der Waals surface area contributed by atoms with E-state index in [1.54, 1.807) is 0 Å². The number of piperidine rings is 1. The van der Waals surface area contributed by atoms with Crippen LogP contribution in [0.15, 0.2) is 35.3 Å². The molecule has 0 radical (unpaired) electrons. The van der Waals surface area contributed by atoms with Crippen LogP contribution in [0.1, 0.15) is 44.1 Å². The maximum absolute atomic E-state index is 5.86. The Morgan fingerprint density at radius 1 is 1.30 bits per heavy atom. The second-order valence-corrected chi connectivity index (χ2v) is 7.82. The largest absolute Gasteiger partial charge is 0.381 e. The van der Waals surface area contributed by atoms with Gasteiger partial charge in [-0.1, -0.05) is 43.7 Å². The first-order chi connectivity index (χ1) is 13.2. The van der Waals surface area contributed by atoms with Gasteiger partial charge in [-0.05, 0) is 23.8 Å². The predicted molar refractivity (Wildman–Crippen MR) is 110 cm³/mol. The minimum atomic E-state index is -0.138. The van der Waals surface area contributed by atoms with Crippen molar-refractivity contribution >= 4 is 5.96 Å². The average Bonchev–Trinajstić information content (AvgIpc) is 2.75. The molecule has 2 heterocycles. The van der Waals surface area contributed by atoms with Gasteiger partial charge in [0.1, 0.15) is 0 Å². The van der Waals surface area contributed by atoms with E-state index in [1.807, 2.05) is 14.2 Å². The number of nitrogens with zero attached hydrogens (tertiary/aromatic N) is 2. The topological polar surface area (TPSA) is 46.1 Å². The van der Waals surface area contributed by atoms with Crippen molar-refractivity contribution in [1.82, 2.24) is 10.2 Å². The first-order valence-corrected chi connectivity index (χ1v) is 10.3. The van der Waals surface area contributed by atoms with Crippen LogP contribution in [0.25, 0.3) is 0 Å². The number of guanidine groups is 1. The first kappa shape index (κ1) is 20.2. The van der Waals surface area contributed by atoms with Gasteiger partial charge in [0, 0.05) is 59.8 Å². The third-order valence-corrected chi connectivity index (χ3v) is 6.40. The van der Waals surface area contributed by atoms with Gasteiger partial charge in [0.2, 0.25) is 0 Å². The predicted octanol–water partition coefficient (Wildman–Crippen LogP) is 3.27. The molecule has 3 rings (SSSR count). The molecule has 2 aliphatic heterocycles. The highest BCUT2D eigenvalue weighted by Crippen LogP contribution is 2.35. The molecule has 0 bridgehead atoms. The lowest BCUT2D eigenvalue weighted by atomic mass is 9.79. The van der Waals surface area contributed by atoms with Crippen LogP contribution in [0.5, 0.6) is 0 Å². The summed E-state index contributed by atoms with van der Waals surface area (Å²) in [6.07, 6.45) is 4.22. The zero-order valence-electron chi connectivity index (χ0n) is 17.1. The van der Waals surface area contributed by atoms with E-state index in [9.17, 15) is 0 Å². The molecule has 150 valence electrons. The highest BCUT2D eigenvalue weighted by molar-refractivity contribution is 5.80. The average molecular weight is 374 g/mol. The zero-order chi connectivity index (χ0) is 19.1. The van der Waals surface area contributed by atoms with Gasteiger partial charge in [0.05, 0.1) is 5.60 Å². The monoisotopic (exact) mass is 373 g/mol. The Morgan fingerprint density at radius 2 is 2.04 bits per heavy atom. The maximum atomic E-state index is 5.86. The van der Waals surface area contributed by atoms with Crippen LogP contribution in [0, 0.1) is 5.92 Å². The van der Waals surface area contributed by atoms with Gasteiger partial charge in [-0.25, -0.2) is 0 Å². The molecule has 1 N–H and O–H groups in total. The molecule has 2 atom stereocenters. The lowest BCUT2D eigenvalue weighted by molar-refractivity contribution is -0.0858. The van der Waals surface area contributed by atoms with E-state index in [0.717, 1.165) is 51.6 Å². The van der Waals surface area contributed by atoms with E-state index in [-0.39, 0.29) is 5.60 Å².